The highest BCUT2D eigenvalue weighted by Gasteiger charge is 2.22. The van der Waals surface area contributed by atoms with E-state index >= 15 is 0 Å². The summed E-state index contributed by atoms with van der Waals surface area (Å²) in [5.41, 5.74) is 3.90. The quantitative estimate of drug-likeness (QED) is 0.503. The van der Waals surface area contributed by atoms with Crippen molar-refractivity contribution >= 4 is 50.7 Å². The van der Waals surface area contributed by atoms with Crippen molar-refractivity contribution in [1.82, 2.24) is 19.6 Å². The summed E-state index contributed by atoms with van der Waals surface area (Å²) in [5.74, 6) is -0.0648. The van der Waals surface area contributed by atoms with Gasteiger partial charge in [0.25, 0.3) is 0 Å². The molecule has 27 heavy (non-hydrogen) atoms. The van der Waals surface area contributed by atoms with E-state index in [1.165, 1.54) is 23.1 Å². The zero-order valence-corrected chi connectivity index (χ0v) is 16.9. The molecule has 1 amide bonds. The maximum Gasteiger partial charge on any atom is 0.239 e. The van der Waals surface area contributed by atoms with Gasteiger partial charge in [-0.2, -0.15) is 0 Å². The van der Waals surface area contributed by atoms with Crippen LogP contribution in [0.25, 0.3) is 16.6 Å². The molecule has 0 fully saturated rings. The van der Waals surface area contributed by atoms with Crippen LogP contribution < -0.4 is 5.32 Å². The highest BCUT2D eigenvalue weighted by molar-refractivity contribution is 8.00. The standard InChI is InChI=1S/C19H19N5OS2/c1-4-15(17(25)21-18-20-12(3)10-26-18)27-19-23-22-16-9-11(2)13-7-5-6-8-14(13)24(16)19/h5-10,15H,4H2,1-3H3,(H,20,21,25). The molecule has 3 aromatic heterocycles. The molecule has 1 unspecified atom stereocenters. The molecular formula is C19H19N5OS2. The van der Waals surface area contributed by atoms with Gasteiger partial charge in [-0.25, -0.2) is 4.98 Å². The second kappa shape index (κ2) is 7.28. The topological polar surface area (TPSA) is 72.2 Å². The van der Waals surface area contributed by atoms with Crippen LogP contribution >= 0.6 is 23.1 Å². The molecule has 1 aromatic carbocycles. The number of anilines is 1. The molecule has 1 N–H and O–H groups in total. The lowest BCUT2D eigenvalue weighted by molar-refractivity contribution is -0.115. The van der Waals surface area contributed by atoms with Crippen molar-refractivity contribution < 1.29 is 4.79 Å². The summed E-state index contributed by atoms with van der Waals surface area (Å²) in [6, 6.07) is 10.2. The smallest absolute Gasteiger partial charge is 0.239 e. The second-order valence-electron chi connectivity index (χ2n) is 6.32. The number of carbonyl (C=O) groups is 1. The summed E-state index contributed by atoms with van der Waals surface area (Å²) in [6.45, 7) is 5.98. The first-order valence-corrected chi connectivity index (χ1v) is 10.5. The van der Waals surface area contributed by atoms with Crippen LogP contribution in [-0.4, -0.2) is 30.7 Å². The van der Waals surface area contributed by atoms with Crippen LogP contribution in [0.1, 0.15) is 24.6 Å². The highest BCUT2D eigenvalue weighted by atomic mass is 32.2. The molecule has 0 spiro atoms. The number of hydrogen-bond acceptors (Lipinski definition) is 6. The summed E-state index contributed by atoms with van der Waals surface area (Å²) < 4.78 is 2.02. The number of rotatable bonds is 5. The molecule has 3 heterocycles. The molecule has 0 aliphatic rings. The third-order valence-corrected chi connectivity index (χ3v) is 6.52. The van der Waals surface area contributed by atoms with Gasteiger partial charge in [0.05, 0.1) is 16.5 Å². The molecule has 4 rings (SSSR count). The maximum atomic E-state index is 12.7. The molecule has 0 saturated carbocycles. The van der Waals surface area contributed by atoms with Gasteiger partial charge in [-0.05, 0) is 38.0 Å². The van der Waals surface area contributed by atoms with Crippen LogP contribution in [0.5, 0.6) is 0 Å². The van der Waals surface area contributed by atoms with Crippen molar-refractivity contribution in [2.45, 2.75) is 37.6 Å². The molecule has 1 atom stereocenters. The van der Waals surface area contributed by atoms with E-state index in [0.717, 1.165) is 33.0 Å². The van der Waals surface area contributed by atoms with E-state index in [1.54, 1.807) is 0 Å². The van der Waals surface area contributed by atoms with Gasteiger partial charge in [0.15, 0.2) is 15.9 Å². The predicted molar refractivity (Wildman–Crippen MR) is 111 cm³/mol. The van der Waals surface area contributed by atoms with Gasteiger partial charge in [-0.15, -0.1) is 21.5 Å². The van der Waals surface area contributed by atoms with E-state index in [-0.39, 0.29) is 11.2 Å². The Morgan fingerprint density at radius 2 is 2.11 bits per heavy atom. The Labute approximate surface area is 165 Å². The molecule has 0 aliphatic carbocycles. The van der Waals surface area contributed by atoms with Crippen LogP contribution in [0.2, 0.25) is 0 Å². The summed E-state index contributed by atoms with van der Waals surface area (Å²) >= 11 is 2.87. The lowest BCUT2D eigenvalue weighted by atomic mass is 10.1. The Bertz CT molecular complexity index is 1130. The first-order chi connectivity index (χ1) is 13.1. The largest absolute Gasteiger partial charge is 0.301 e. The molecule has 0 radical (unpaired) electrons. The normalized spacial score (nSPS) is 12.6. The van der Waals surface area contributed by atoms with Crippen molar-refractivity contribution in [1.29, 1.82) is 0 Å². The Morgan fingerprint density at radius 3 is 2.85 bits per heavy atom. The number of nitrogens with one attached hydrogen (secondary N) is 1. The van der Waals surface area contributed by atoms with Crippen molar-refractivity contribution in [2.75, 3.05) is 5.32 Å². The third-order valence-electron chi connectivity index (χ3n) is 4.33. The first kappa shape index (κ1) is 17.9. The van der Waals surface area contributed by atoms with Gasteiger partial charge >= 0.3 is 0 Å². The van der Waals surface area contributed by atoms with Gasteiger partial charge in [0.2, 0.25) is 5.91 Å². The fourth-order valence-corrected chi connectivity index (χ4v) is 4.66. The van der Waals surface area contributed by atoms with Crippen LogP contribution in [-0.2, 0) is 4.79 Å². The second-order valence-corrected chi connectivity index (χ2v) is 8.35. The average molecular weight is 398 g/mol. The number of aryl methyl sites for hydroxylation is 2. The van der Waals surface area contributed by atoms with Gasteiger partial charge in [-0.3, -0.25) is 9.20 Å². The fraction of sp³-hybridized carbons (Fsp3) is 0.263. The number of carbonyl (C=O) groups excluding carboxylic acids is 1. The number of fused-ring (bicyclic) bond motifs is 3. The van der Waals surface area contributed by atoms with Crippen molar-refractivity contribution in [3.8, 4) is 0 Å². The van der Waals surface area contributed by atoms with E-state index in [0.29, 0.717) is 11.6 Å². The Kier molecular flexibility index (Phi) is 4.84. The average Bonchev–Trinajstić information content (AvgIpc) is 3.25. The Hall–Kier alpha value is -2.45. The van der Waals surface area contributed by atoms with Crippen LogP contribution in [0.15, 0.2) is 40.9 Å². The molecule has 6 nitrogen and oxygen atoms in total. The first-order valence-electron chi connectivity index (χ1n) is 8.70. The zero-order chi connectivity index (χ0) is 19.0. The molecule has 8 heteroatoms. The minimum atomic E-state index is -0.276. The fourth-order valence-electron chi connectivity index (χ4n) is 3.00. The summed E-state index contributed by atoms with van der Waals surface area (Å²) in [5, 5.41) is 15.7. The number of pyridine rings is 1. The van der Waals surface area contributed by atoms with Gasteiger partial charge < -0.3 is 5.32 Å². The number of amides is 1. The van der Waals surface area contributed by atoms with E-state index in [9.17, 15) is 4.79 Å². The number of thiazole rings is 1. The number of thioether (sulfide) groups is 1. The lowest BCUT2D eigenvalue weighted by Crippen LogP contribution is -2.24. The van der Waals surface area contributed by atoms with E-state index in [1.807, 2.05) is 41.8 Å². The number of benzene rings is 1. The molecule has 0 saturated heterocycles. The molecular weight excluding hydrogens is 378 g/mol. The summed E-state index contributed by atoms with van der Waals surface area (Å²) in [4.78, 5) is 17.0. The lowest BCUT2D eigenvalue weighted by Gasteiger charge is -2.13. The van der Waals surface area contributed by atoms with Gasteiger partial charge in [0.1, 0.15) is 0 Å². The number of aromatic nitrogens is 4. The van der Waals surface area contributed by atoms with Crippen LogP contribution in [0, 0.1) is 13.8 Å². The number of hydrogen-bond donors (Lipinski definition) is 1. The monoisotopic (exact) mass is 397 g/mol. The number of nitrogens with zero attached hydrogens (tertiary/aromatic N) is 4. The van der Waals surface area contributed by atoms with Crippen LogP contribution in [0.3, 0.4) is 0 Å². The minimum absolute atomic E-state index is 0.0648. The van der Waals surface area contributed by atoms with Crippen molar-refractivity contribution in [3.63, 3.8) is 0 Å². The van der Waals surface area contributed by atoms with E-state index in [2.05, 4.69) is 39.6 Å². The van der Waals surface area contributed by atoms with Gasteiger partial charge in [-0.1, -0.05) is 36.9 Å². The third kappa shape index (κ3) is 3.42. The maximum absolute atomic E-state index is 12.7. The van der Waals surface area contributed by atoms with Crippen molar-refractivity contribution in [2.24, 2.45) is 0 Å². The Balaban J connectivity index is 1.67. The van der Waals surface area contributed by atoms with E-state index < -0.39 is 0 Å². The van der Waals surface area contributed by atoms with Crippen molar-refractivity contribution in [3.05, 3.63) is 47.0 Å². The Morgan fingerprint density at radius 1 is 1.30 bits per heavy atom. The molecule has 138 valence electrons. The summed E-state index contributed by atoms with van der Waals surface area (Å²) in [6.07, 6.45) is 0.680. The molecule has 0 bridgehead atoms. The van der Waals surface area contributed by atoms with Gasteiger partial charge in [0, 0.05) is 10.8 Å². The molecule has 4 aromatic rings. The summed E-state index contributed by atoms with van der Waals surface area (Å²) in [7, 11) is 0. The van der Waals surface area contributed by atoms with E-state index in [4.69, 9.17) is 0 Å². The SMILES string of the molecule is CCC(Sc1nnc2cc(C)c3ccccc3n12)C(=O)Nc1nc(C)cs1. The highest BCUT2D eigenvalue weighted by Crippen LogP contribution is 2.30. The number of para-hydroxylation sites is 1. The minimum Gasteiger partial charge on any atom is -0.301 e. The predicted octanol–water partition coefficient (Wildman–Crippen LogP) is 4.47. The van der Waals surface area contributed by atoms with Crippen LogP contribution in [0.4, 0.5) is 5.13 Å². The molecule has 0 aliphatic heterocycles. The zero-order valence-electron chi connectivity index (χ0n) is 15.3.